The molecule has 0 aliphatic carbocycles. The second-order valence-electron chi connectivity index (χ2n) is 6.22. The Morgan fingerprint density at radius 2 is 1.95 bits per heavy atom. The van der Waals surface area contributed by atoms with Crippen LogP contribution in [-0.4, -0.2) is 53.9 Å². The summed E-state index contributed by atoms with van der Waals surface area (Å²) in [4.78, 5) is 20.5. The third-order valence-corrected chi connectivity index (χ3v) is 4.38. The van der Waals surface area contributed by atoms with Gasteiger partial charge in [0.1, 0.15) is 0 Å². The quantitative estimate of drug-likeness (QED) is 0.805. The molecule has 0 bridgehead atoms. The summed E-state index contributed by atoms with van der Waals surface area (Å²) in [6.45, 7) is 5.99. The molecule has 116 valence electrons. The molecular weight excluding hydrogens is 262 g/mol. The van der Waals surface area contributed by atoms with Crippen molar-refractivity contribution in [2.75, 3.05) is 33.2 Å². The van der Waals surface area contributed by atoms with E-state index in [1.54, 1.807) is 0 Å². The zero-order valence-corrected chi connectivity index (χ0v) is 13.3. The van der Waals surface area contributed by atoms with Crippen LogP contribution in [0, 0.1) is 5.92 Å². The first-order chi connectivity index (χ1) is 10.1. The number of aromatic nitrogens is 1. The molecule has 0 atom stereocenters. The predicted octanol–water partition coefficient (Wildman–Crippen LogP) is 2.20. The summed E-state index contributed by atoms with van der Waals surface area (Å²) >= 11 is 0. The van der Waals surface area contributed by atoms with Crippen molar-refractivity contribution in [3.05, 3.63) is 30.1 Å². The molecule has 2 heterocycles. The molecule has 0 saturated carbocycles. The van der Waals surface area contributed by atoms with Gasteiger partial charge in [-0.25, -0.2) is 0 Å². The van der Waals surface area contributed by atoms with E-state index in [1.165, 1.54) is 5.56 Å². The van der Waals surface area contributed by atoms with Gasteiger partial charge in [0.15, 0.2) is 0 Å². The van der Waals surface area contributed by atoms with E-state index in [4.69, 9.17) is 0 Å². The van der Waals surface area contributed by atoms with E-state index in [-0.39, 0.29) is 0 Å². The molecule has 1 fully saturated rings. The average molecular weight is 289 g/mol. The summed E-state index contributed by atoms with van der Waals surface area (Å²) < 4.78 is 0. The number of carbonyl (C=O) groups excluding carboxylic acids is 1. The monoisotopic (exact) mass is 289 g/mol. The molecule has 1 aromatic heterocycles. The summed E-state index contributed by atoms with van der Waals surface area (Å²) in [6.07, 6.45) is 7.62. The van der Waals surface area contributed by atoms with Crippen LogP contribution in [0.25, 0.3) is 0 Å². The van der Waals surface area contributed by atoms with Gasteiger partial charge in [-0.3, -0.25) is 9.78 Å². The first kappa shape index (κ1) is 16.0. The molecule has 0 N–H and O–H groups in total. The number of likely N-dealkylation sites (N-methyl/N-ethyl adjacent to an activating group) is 1. The first-order valence-corrected chi connectivity index (χ1v) is 8.00. The Morgan fingerprint density at radius 3 is 2.62 bits per heavy atom. The zero-order chi connectivity index (χ0) is 15.1. The number of hydrogen-bond acceptors (Lipinski definition) is 3. The van der Waals surface area contributed by atoms with Gasteiger partial charge in [0, 0.05) is 45.0 Å². The van der Waals surface area contributed by atoms with Crippen molar-refractivity contribution in [3.8, 4) is 0 Å². The maximum atomic E-state index is 12.2. The van der Waals surface area contributed by atoms with Crippen molar-refractivity contribution in [1.82, 2.24) is 14.8 Å². The Hall–Kier alpha value is -1.42. The highest BCUT2D eigenvalue weighted by Crippen LogP contribution is 2.16. The molecular formula is C17H27N3O. The molecule has 1 aliphatic heterocycles. The number of hydrogen-bond donors (Lipinski definition) is 0. The fraction of sp³-hybridized carbons (Fsp3) is 0.647. The fourth-order valence-corrected chi connectivity index (χ4v) is 2.68. The van der Waals surface area contributed by atoms with Crippen LogP contribution in [0.5, 0.6) is 0 Å². The third-order valence-electron chi connectivity index (χ3n) is 4.38. The second-order valence-corrected chi connectivity index (χ2v) is 6.22. The zero-order valence-electron chi connectivity index (χ0n) is 13.3. The van der Waals surface area contributed by atoms with Crippen LogP contribution in [0.4, 0.5) is 0 Å². The van der Waals surface area contributed by atoms with E-state index in [0.717, 1.165) is 51.4 Å². The van der Waals surface area contributed by atoms with Gasteiger partial charge in [0.25, 0.3) is 0 Å². The lowest BCUT2D eigenvalue weighted by Crippen LogP contribution is -2.39. The van der Waals surface area contributed by atoms with Crippen molar-refractivity contribution in [2.45, 2.75) is 32.6 Å². The molecule has 0 spiro atoms. The highest BCUT2D eigenvalue weighted by Gasteiger charge is 2.20. The molecule has 1 saturated heterocycles. The van der Waals surface area contributed by atoms with Gasteiger partial charge in [-0.1, -0.05) is 6.92 Å². The van der Waals surface area contributed by atoms with Gasteiger partial charge in [0.05, 0.1) is 0 Å². The number of nitrogens with zero attached hydrogens (tertiary/aromatic N) is 3. The molecule has 0 radical (unpaired) electrons. The fourth-order valence-electron chi connectivity index (χ4n) is 2.68. The van der Waals surface area contributed by atoms with Crippen molar-refractivity contribution in [3.63, 3.8) is 0 Å². The van der Waals surface area contributed by atoms with Gasteiger partial charge in [-0.2, -0.15) is 0 Å². The standard InChI is InChI=1S/C17H27N3O/c1-15-5-13-20(14-6-15)17(21)8-12-19(2)11-7-16-3-9-18-10-4-16/h3-4,9-10,15H,5-8,11-14H2,1-2H3. The highest BCUT2D eigenvalue weighted by molar-refractivity contribution is 5.76. The van der Waals surface area contributed by atoms with Crippen LogP contribution < -0.4 is 0 Å². The van der Waals surface area contributed by atoms with Crippen LogP contribution in [0.15, 0.2) is 24.5 Å². The number of carbonyl (C=O) groups is 1. The van der Waals surface area contributed by atoms with Crippen LogP contribution >= 0.6 is 0 Å². The summed E-state index contributed by atoms with van der Waals surface area (Å²) in [7, 11) is 2.09. The number of piperidine rings is 1. The number of likely N-dealkylation sites (tertiary alicyclic amines) is 1. The molecule has 1 aliphatic rings. The van der Waals surface area contributed by atoms with E-state index in [1.807, 2.05) is 29.4 Å². The molecule has 0 aromatic carbocycles. The lowest BCUT2D eigenvalue weighted by Gasteiger charge is -2.30. The smallest absolute Gasteiger partial charge is 0.223 e. The topological polar surface area (TPSA) is 36.4 Å². The van der Waals surface area contributed by atoms with Crippen LogP contribution in [0.3, 0.4) is 0 Å². The normalized spacial score (nSPS) is 16.4. The van der Waals surface area contributed by atoms with Crippen molar-refractivity contribution in [2.24, 2.45) is 5.92 Å². The maximum absolute atomic E-state index is 12.2. The molecule has 21 heavy (non-hydrogen) atoms. The minimum atomic E-state index is 0.317. The van der Waals surface area contributed by atoms with E-state index in [2.05, 4.69) is 23.9 Å². The summed E-state index contributed by atoms with van der Waals surface area (Å²) in [5.41, 5.74) is 1.30. The average Bonchev–Trinajstić information content (AvgIpc) is 2.52. The summed E-state index contributed by atoms with van der Waals surface area (Å²) in [6, 6.07) is 4.10. The lowest BCUT2D eigenvalue weighted by atomic mass is 9.99. The van der Waals surface area contributed by atoms with E-state index in [0.29, 0.717) is 12.3 Å². The first-order valence-electron chi connectivity index (χ1n) is 8.00. The van der Waals surface area contributed by atoms with Gasteiger partial charge in [-0.15, -0.1) is 0 Å². The van der Waals surface area contributed by atoms with Crippen molar-refractivity contribution < 1.29 is 4.79 Å². The van der Waals surface area contributed by atoms with E-state index < -0.39 is 0 Å². The van der Waals surface area contributed by atoms with Crippen LogP contribution in [0.1, 0.15) is 31.7 Å². The van der Waals surface area contributed by atoms with E-state index >= 15 is 0 Å². The second kappa shape index (κ2) is 8.13. The van der Waals surface area contributed by atoms with Gasteiger partial charge in [0.2, 0.25) is 5.91 Å². The van der Waals surface area contributed by atoms with Gasteiger partial charge < -0.3 is 9.80 Å². The highest BCUT2D eigenvalue weighted by atomic mass is 16.2. The summed E-state index contributed by atoms with van der Waals surface area (Å²) in [5.74, 6) is 1.09. The largest absolute Gasteiger partial charge is 0.343 e. The Labute approximate surface area is 128 Å². The summed E-state index contributed by atoms with van der Waals surface area (Å²) in [5, 5.41) is 0. The molecule has 2 rings (SSSR count). The van der Waals surface area contributed by atoms with Crippen LogP contribution in [0.2, 0.25) is 0 Å². The predicted molar refractivity (Wildman–Crippen MR) is 85.0 cm³/mol. The Bertz CT molecular complexity index is 427. The van der Waals surface area contributed by atoms with Gasteiger partial charge in [-0.05, 0) is 49.9 Å². The molecule has 1 amide bonds. The molecule has 4 nitrogen and oxygen atoms in total. The van der Waals surface area contributed by atoms with Crippen molar-refractivity contribution in [1.29, 1.82) is 0 Å². The van der Waals surface area contributed by atoms with Gasteiger partial charge >= 0.3 is 0 Å². The molecule has 0 unspecified atom stereocenters. The minimum absolute atomic E-state index is 0.317. The number of pyridine rings is 1. The SMILES string of the molecule is CC1CCN(C(=O)CCN(C)CCc2ccncc2)CC1. The van der Waals surface area contributed by atoms with Crippen molar-refractivity contribution >= 4 is 5.91 Å². The third kappa shape index (κ3) is 5.46. The number of rotatable bonds is 6. The lowest BCUT2D eigenvalue weighted by molar-refractivity contribution is -0.132. The Balaban J connectivity index is 1.64. The number of amides is 1. The molecule has 4 heteroatoms. The molecule has 1 aromatic rings. The van der Waals surface area contributed by atoms with E-state index in [9.17, 15) is 4.79 Å². The van der Waals surface area contributed by atoms with Crippen LogP contribution in [-0.2, 0) is 11.2 Å². The Morgan fingerprint density at radius 1 is 1.29 bits per heavy atom. The minimum Gasteiger partial charge on any atom is -0.343 e. The Kier molecular flexibility index (Phi) is 6.18. The maximum Gasteiger partial charge on any atom is 0.223 e.